The van der Waals surface area contributed by atoms with Crippen molar-refractivity contribution in [1.29, 1.82) is 0 Å². The molecule has 182 valence electrons. The molecule has 3 aromatic heterocycles. The lowest BCUT2D eigenvalue weighted by Gasteiger charge is -2.12. The number of hydrogen-bond acceptors (Lipinski definition) is 5. The van der Waals surface area contributed by atoms with Crippen molar-refractivity contribution in [2.75, 3.05) is 5.75 Å². The zero-order valence-corrected chi connectivity index (χ0v) is 20.1. The van der Waals surface area contributed by atoms with Crippen LogP contribution in [-0.4, -0.2) is 42.0 Å². The number of ketones is 1. The van der Waals surface area contributed by atoms with E-state index in [2.05, 4.69) is 31.9 Å². The van der Waals surface area contributed by atoms with Gasteiger partial charge in [0.25, 0.3) is 0 Å². The third-order valence-electron chi connectivity index (χ3n) is 5.67. The molecular formula is C25H24F3N5OS. The molecule has 35 heavy (non-hydrogen) atoms. The molecule has 4 aromatic rings. The van der Waals surface area contributed by atoms with Gasteiger partial charge < -0.3 is 4.57 Å². The van der Waals surface area contributed by atoms with Gasteiger partial charge in [-0.25, -0.2) is 0 Å². The maximum absolute atomic E-state index is 13.3. The van der Waals surface area contributed by atoms with E-state index >= 15 is 0 Å². The summed E-state index contributed by atoms with van der Waals surface area (Å²) in [5.74, 6) is -0.130. The molecule has 0 N–H and O–H groups in total. The summed E-state index contributed by atoms with van der Waals surface area (Å²) in [6.07, 6.45) is -0.678. The lowest BCUT2D eigenvalue weighted by Crippen LogP contribution is -2.19. The van der Waals surface area contributed by atoms with Crippen LogP contribution in [0.15, 0.2) is 66.1 Å². The van der Waals surface area contributed by atoms with Gasteiger partial charge in [-0.15, -0.1) is 10.2 Å². The number of halogens is 3. The van der Waals surface area contributed by atoms with E-state index in [1.54, 1.807) is 12.1 Å². The summed E-state index contributed by atoms with van der Waals surface area (Å²) in [7, 11) is 0. The molecule has 0 atom stereocenters. The predicted octanol–water partition coefficient (Wildman–Crippen LogP) is 5.54. The van der Waals surface area contributed by atoms with Gasteiger partial charge in [0.05, 0.1) is 5.75 Å². The molecule has 0 spiro atoms. The first-order valence-corrected chi connectivity index (χ1v) is 12.0. The third kappa shape index (κ3) is 6.00. The number of Topliss-reactive ketones (excluding diaryl/α,β-unsaturated/α-hetero) is 1. The van der Waals surface area contributed by atoms with Crippen LogP contribution in [-0.2, 0) is 19.5 Å². The monoisotopic (exact) mass is 499 g/mol. The maximum atomic E-state index is 13.3. The van der Waals surface area contributed by atoms with Gasteiger partial charge in [-0.2, -0.15) is 13.2 Å². The van der Waals surface area contributed by atoms with Gasteiger partial charge in [-0.05, 0) is 44.0 Å². The molecule has 10 heteroatoms. The minimum atomic E-state index is -4.47. The minimum Gasteiger partial charge on any atom is -0.348 e. The van der Waals surface area contributed by atoms with Crippen molar-refractivity contribution in [3.63, 3.8) is 0 Å². The molecular weight excluding hydrogens is 475 g/mol. The van der Waals surface area contributed by atoms with Crippen LogP contribution in [0.1, 0.15) is 27.3 Å². The van der Waals surface area contributed by atoms with E-state index in [0.29, 0.717) is 11.1 Å². The zero-order valence-electron chi connectivity index (χ0n) is 19.3. The van der Waals surface area contributed by atoms with E-state index in [4.69, 9.17) is 0 Å². The van der Waals surface area contributed by atoms with Crippen LogP contribution in [0, 0.1) is 13.8 Å². The fourth-order valence-corrected chi connectivity index (χ4v) is 4.77. The van der Waals surface area contributed by atoms with Crippen LogP contribution in [0.2, 0.25) is 0 Å². The number of benzene rings is 1. The molecule has 0 saturated carbocycles. The number of rotatable bonds is 9. The number of nitrogens with zero attached hydrogens (tertiary/aromatic N) is 5. The molecule has 0 amide bonds. The Hall–Kier alpha value is -3.40. The van der Waals surface area contributed by atoms with Crippen molar-refractivity contribution < 1.29 is 18.0 Å². The quantitative estimate of drug-likeness (QED) is 0.224. The van der Waals surface area contributed by atoms with Crippen LogP contribution in [0.25, 0.3) is 11.4 Å². The Kier molecular flexibility index (Phi) is 7.39. The van der Waals surface area contributed by atoms with E-state index in [9.17, 15) is 18.0 Å². The number of aryl methyl sites for hydroxylation is 2. The smallest absolute Gasteiger partial charge is 0.348 e. The Bertz CT molecular complexity index is 1300. The largest absolute Gasteiger partial charge is 0.406 e. The van der Waals surface area contributed by atoms with Crippen LogP contribution in [0.3, 0.4) is 0 Å². The third-order valence-corrected chi connectivity index (χ3v) is 6.63. The van der Waals surface area contributed by atoms with Crippen LogP contribution >= 0.6 is 11.8 Å². The second-order valence-electron chi connectivity index (χ2n) is 8.13. The first-order chi connectivity index (χ1) is 16.7. The average molecular weight is 500 g/mol. The highest BCUT2D eigenvalue weighted by Crippen LogP contribution is 2.29. The van der Waals surface area contributed by atoms with Crippen LogP contribution in [0.5, 0.6) is 0 Å². The van der Waals surface area contributed by atoms with Crippen molar-refractivity contribution in [1.82, 2.24) is 24.3 Å². The average Bonchev–Trinajstić information content (AvgIpc) is 3.35. The highest BCUT2D eigenvalue weighted by Gasteiger charge is 2.31. The highest BCUT2D eigenvalue weighted by atomic mass is 32.2. The Morgan fingerprint density at radius 2 is 1.71 bits per heavy atom. The zero-order chi connectivity index (χ0) is 25.0. The van der Waals surface area contributed by atoms with Gasteiger partial charge in [0.2, 0.25) is 0 Å². The maximum Gasteiger partial charge on any atom is 0.406 e. The van der Waals surface area contributed by atoms with Gasteiger partial charge >= 0.3 is 6.18 Å². The van der Waals surface area contributed by atoms with Gasteiger partial charge in [-0.1, -0.05) is 42.1 Å². The summed E-state index contributed by atoms with van der Waals surface area (Å²) in [4.78, 5) is 16.9. The number of aromatic nitrogens is 5. The molecule has 0 aliphatic rings. The topological polar surface area (TPSA) is 65.6 Å². The van der Waals surface area contributed by atoms with Crippen molar-refractivity contribution in [3.05, 3.63) is 83.4 Å². The molecule has 4 rings (SSSR count). The molecule has 0 unspecified atom stereocenters. The standard InChI is InChI=1S/C25H24F3N5OS/c1-17-14-21(18(2)32(17)13-10-19-6-4-3-5-7-19)22(34)15-35-24-31-30-23(20-8-11-29-12-9-20)33(24)16-25(26,27)28/h3-9,11-12,14H,10,13,15-16H2,1-2H3. The Labute approximate surface area is 205 Å². The van der Waals surface area contributed by atoms with E-state index in [1.165, 1.54) is 18.0 Å². The molecule has 0 aliphatic carbocycles. The number of thioether (sulfide) groups is 1. The second kappa shape index (κ2) is 10.5. The van der Waals surface area contributed by atoms with Crippen molar-refractivity contribution >= 4 is 17.5 Å². The van der Waals surface area contributed by atoms with E-state index < -0.39 is 12.7 Å². The van der Waals surface area contributed by atoms with Crippen LogP contribution in [0.4, 0.5) is 13.2 Å². The summed E-state index contributed by atoms with van der Waals surface area (Å²) < 4.78 is 43.0. The molecule has 0 aliphatic heterocycles. The van der Waals surface area contributed by atoms with Crippen molar-refractivity contribution in [2.45, 2.75) is 44.7 Å². The number of pyridine rings is 1. The van der Waals surface area contributed by atoms with Gasteiger partial charge in [0.15, 0.2) is 16.8 Å². The fourth-order valence-electron chi connectivity index (χ4n) is 3.95. The van der Waals surface area contributed by atoms with E-state index in [1.807, 2.05) is 38.1 Å². The van der Waals surface area contributed by atoms with Gasteiger partial charge in [-0.3, -0.25) is 14.3 Å². The van der Waals surface area contributed by atoms with Gasteiger partial charge in [0.1, 0.15) is 6.54 Å². The molecule has 0 fully saturated rings. The SMILES string of the molecule is Cc1cc(C(=O)CSc2nnc(-c3ccncc3)n2CC(F)(F)F)c(C)n1CCc1ccccc1. The summed E-state index contributed by atoms with van der Waals surface area (Å²) >= 11 is 0.955. The number of alkyl halides is 3. The molecule has 0 bridgehead atoms. The second-order valence-corrected chi connectivity index (χ2v) is 9.07. The number of carbonyl (C=O) groups is 1. The van der Waals surface area contributed by atoms with Crippen molar-refractivity contribution in [2.24, 2.45) is 0 Å². The fraction of sp³-hybridized carbons (Fsp3) is 0.280. The lowest BCUT2D eigenvalue weighted by molar-refractivity contribution is -0.141. The highest BCUT2D eigenvalue weighted by molar-refractivity contribution is 7.99. The van der Waals surface area contributed by atoms with Crippen LogP contribution < -0.4 is 0 Å². The Balaban J connectivity index is 1.50. The van der Waals surface area contributed by atoms with Gasteiger partial charge in [0, 0.05) is 41.5 Å². The molecule has 0 saturated heterocycles. The first kappa shape index (κ1) is 24.7. The Morgan fingerprint density at radius 1 is 1.00 bits per heavy atom. The Morgan fingerprint density at radius 3 is 2.40 bits per heavy atom. The molecule has 1 aromatic carbocycles. The lowest BCUT2D eigenvalue weighted by atomic mass is 10.1. The number of hydrogen-bond donors (Lipinski definition) is 0. The molecule has 3 heterocycles. The normalized spacial score (nSPS) is 11.7. The molecule has 0 radical (unpaired) electrons. The predicted molar refractivity (Wildman–Crippen MR) is 128 cm³/mol. The molecule has 6 nitrogen and oxygen atoms in total. The minimum absolute atomic E-state index is 0.0420. The summed E-state index contributed by atoms with van der Waals surface area (Å²) in [6.45, 7) is 3.33. The van der Waals surface area contributed by atoms with E-state index in [0.717, 1.165) is 40.7 Å². The summed E-state index contributed by atoms with van der Waals surface area (Å²) in [5.41, 5.74) is 4.05. The number of carbonyl (C=O) groups excluding carboxylic acids is 1. The van der Waals surface area contributed by atoms with Crippen molar-refractivity contribution in [3.8, 4) is 11.4 Å². The summed E-state index contributed by atoms with van der Waals surface area (Å²) in [5, 5.41) is 7.95. The van der Waals surface area contributed by atoms with E-state index in [-0.39, 0.29) is 22.5 Å². The summed E-state index contributed by atoms with van der Waals surface area (Å²) in [6, 6.07) is 15.1. The first-order valence-electron chi connectivity index (χ1n) is 11.0.